The lowest BCUT2D eigenvalue weighted by Gasteiger charge is -2.06. The highest BCUT2D eigenvalue weighted by molar-refractivity contribution is 5.97. The number of carbonyl (C=O) groups excluding carboxylic acids is 2. The maximum Gasteiger partial charge on any atom is 0.342 e. The number of carbonyl (C=O) groups is 2. The molecule has 0 spiro atoms. The standard InChI is InChI=1S/C11H15NO4/c1-3-4-5-9(6-7-12)11(15)16-10(14)8(2)13/h6,8,13H,3-5H2,1-2H3. The summed E-state index contributed by atoms with van der Waals surface area (Å²) in [6, 6.07) is 1.72. The van der Waals surface area contributed by atoms with Gasteiger partial charge in [-0.3, -0.25) is 0 Å². The van der Waals surface area contributed by atoms with Crippen LogP contribution in [-0.4, -0.2) is 23.1 Å². The molecule has 0 heterocycles. The molecular weight excluding hydrogens is 210 g/mol. The van der Waals surface area contributed by atoms with Gasteiger partial charge in [0.25, 0.3) is 0 Å². The molecule has 0 aliphatic carbocycles. The van der Waals surface area contributed by atoms with Crippen molar-refractivity contribution in [3.8, 4) is 6.07 Å². The molecule has 5 nitrogen and oxygen atoms in total. The second-order valence-corrected chi connectivity index (χ2v) is 3.29. The van der Waals surface area contributed by atoms with Gasteiger partial charge >= 0.3 is 11.9 Å². The maximum absolute atomic E-state index is 11.4. The van der Waals surface area contributed by atoms with Crippen LogP contribution < -0.4 is 0 Å². The van der Waals surface area contributed by atoms with E-state index in [-0.39, 0.29) is 5.57 Å². The number of hydrogen-bond acceptors (Lipinski definition) is 5. The fourth-order valence-corrected chi connectivity index (χ4v) is 0.920. The Morgan fingerprint density at radius 3 is 2.62 bits per heavy atom. The lowest BCUT2D eigenvalue weighted by molar-refractivity contribution is -0.162. The molecule has 16 heavy (non-hydrogen) atoms. The second kappa shape index (κ2) is 7.60. The quantitative estimate of drug-likeness (QED) is 0.327. The normalized spacial score (nSPS) is 12.8. The Morgan fingerprint density at radius 2 is 2.19 bits per heavy atom. The molecule has 0 fully saturated rings. The van der Waals surface area contributed by atoms with Crippen LogP contribution in [0.25, 0.3) is 0 Å². The topological polar surface area (TPSA) is 87.4 Å². The highest BCUT2D eigenvalue weighted by atomic mass is 16.6. The van der Waals surface area contributed by atoms with E-state index in [1.807, 2.05) is 6.92 Å². The van der Waals surface area contributed by atoms with E-state index in [1.54, 1.807) is 6.07 Å². The molecule has 0 bridgehead atoms. The van der Waals surface area contributed by atoms with E-state index >= 15 is 0 Å². The van der Waals surface area contributed by atoms with E-state index in [0.717, 1.165) is 18.9 Å². The number of allylic oxidation sites excluding steroid dienone is 1. The minimum Gasteiger partial charge on any atom is -0.388 e. The monoisotopic (exact) mass is 225 g/mol. The minimum absolute atomic E-state index is 0.151. The lowest BCUT2D eigenvalue weighted by atomic mass is 10.1. The number of aliphatic hydroxyl groups is 1. The van der Waals surface area contributed by atoms with Gasteiger partial charge in [-0.1, -0.05) is 13.3 Å². The highest BCUT2D eigenvalue weighted by Gasteiger charge is 2.18. The molecule has 0 aromatic carbocycles. The van der Waals surface area contributed by atoms with Crippen LogP contribution in [0.4, 0.5) is 0 Å². The van der Waals surface area contributed by atoms with Crippen LogP contribution in [0.2, 0.25) is 0 Å². The summed E-state index contributed by atoms with van der Waals surface area (Å²) in [7, 11) is 0. The van der Waals surface area contributed by atoms with Gasteiger partial charge in [-0.05, 0) is 19.8 Å². The van der Waals surface area contributed by atoms with Crippen molar-refractivity contribution < 1.29 is 19.4 Å². The Balaban J connectivity index is 4.47. The average Bonchev–Trinajstić information content (AvgIpc) is 2.23. The molecule has 0 amide bonds. The molecule has 0 aliphatic heterocycles. The van der Waals surface area contributed by atoms with Gasteiger partial charge in [-0.25, -0.2) is 9.59 Å². The largest absolute Gasteiger partial charge is 0.388 e. The first kappa shape index (κ1) is 14.3. The molecule has 1 unspecified atom stereocenters. The second-order valence-electron chi connectivity index (χ2n) is 3.29. The first-order valence-electron chi connectivity index (χ1n) is 5.05. The first-order chi connectivity index (χ1) is 7.52. The van der Waals surface area contributed by atoms with E-state index in [0.29, 0.717) is 6.42 Å². The summed E-state index contributed by atoms with van der Waals surface area (Å²) in [5.41, 5.74) is 0.151. The minimum atomic E-state index is -1.35. The summed E-state index contributed by atoms with van der Waals surface area (Å²) in [6.07, 6.45) is 1.69. The van der Waals surface area contributed by atoms with Gasteiger partial charge in [0.15, 0.2) is 0 Å². The van der Waals surface area contributed by atoms with Crippen LogP contribution >= 0.6 is 0 Å². The molecule has 0 aromatic heterocycles. The van der Waals surface area contributed by atoms with Crippen molar-refractivity contribution in [2.45, 2.75) is 39.2 Å². The lowest BCUT2D eigenvalue weighted by Crippen LogP contribution is -2.23. The number of esters is 2. The van der Waals surface area contributed by atoms with E-state index in [9.17, 15) is 9.59 Å². The Labute approximate surface area is 94.3 Å². The SMILES string of the molecule is CCCCC(=CC#N)C(=O)OC(=O)C(C)O. The third kappa shape index (κ3) is 5.27. The molecule has 5 heteroatoms. The highest BCUT2D eigenvalue weighted by Crippen LogP contribution is 2.09. The Morgan fingerprint density at radius 1 is 1.56 bits per heavy atom. The van der Waals surface area contributed by atoms with Gasteiger partial charge in [0.1, 0.15) is 6.10 Å². The average molecular weight is 225 g/mol. The summed E-state index contributed by atoms with van der Waals surface area (Å²) >= 11 is 0. The molecule has 0 aliphatic rings. The number of hydrogen-bond donors (Lipinski definition) is 1. The molecular formula is C11H15NO4. The molecule has 1 atom stereocenters. The zero-order chi connectivity index (χ0) is 12.6. The van der Waals surface area contributed by atoms with Crippen LogP contribution in [-0.2, 0) is 14.3 Å². The molecule has 0 rings (SSSR count). The van der Waals surface area contributed by atoms with Gasteiger partial charge in [-0.2, -0.15) is 5.26 Å². The van der Waals surface area contributed by atoms with Crippen LogP contribution in [0.5, 0.6) is 0 Å². The number of unbranched alkanes of at least 4 members (excludes halogenated alkanes) is 1. The predicted molar refractivity (Wildman–Crippen MR) is 56.0 cm³/mol. The molecule has 88 valence electrons. The van der Waals surface area contributed by atoms with E-state index in [1.165, 1.54) is 6.92 Å². The Kier molecular flexibility index (Phi) is 6.81. The van der Waals surface area contributed by atoms with Crippen LogP contribution in [0.3, 0.4) is 0 Å². The van der Waals surface area contributed by atoms with Crippen molar-refractivity contribution in [2.24, 2.45) is 0 Å². The summed E-state index contributed by atoms with van der Waals surface area (Å²) in [4.78, 5) is 22.3. The predicted octanol–water partition coefficient (Wildman–Crippen LogP) is 1.08. The van der Waals surface area contributed by atoms with Crippen molar-refractivity contribution in [3.63, 3.8) is 0 Å². The zero-order valence-electron chi connectivity index (χ0n) is 9.40. The summed E-state index contributed by atoms with van der Waals surface area (Å²) < 4.78 is 4.38. The number of aliphatic hydroxyl groups excluding tert-OH is 1. The van der Waals surface area contributed by atoms with Crippen molar-refractivity contribution in [2.75, 3.05) is 0 Å². The van der Waals surface area contributed by atoms with Crippen molar-refractivity contribution in [3.05, 3.63) is 11.6 Å². The number of rotatable bonds is 5. The maximum atomic E-state index is 11.4. The smallest absolute Gasteiger partial charge is 0.342 e. The van der Waals surface area contributed by atoms with Crippen LogP contribution in [0.15, 0.2) is 11.6 Å². The Hall–Kier alpha value is -1.67. The summed E-state index contributed by atoms with van der Waals surface area (Å²) in [6.45, 7) is 3.14. The first-order valence-corrected chi connectivity index (χ1v) is 5.05. The third-order valence-electron chi connectivity index (χ3n) is 1.84. The molecule has 0 saturated carbocycles. The van der Waals surface area contributed by atoms with Gasteiger partial charge < -0.3 is 9.84 Å². The third-order valence-corrected chi connectivity index (χ3v) is 1.84. The van der Waals surface area contributed by atoms with Gasteiger partial charge in [0, 0.05) is 11.6 Å². The summed E-state index contributed by atoms with van der Waals surface area (Å²) in [5, 5.41) is 17.3. The molecule has 0 radical (unpaired) electrons. The number of nitrogens with zero attached hydrogens (tertiary/aromatic N) is 1. The fraction of sp³-hybridized carbons (Fsp3) is 0.545. The van der Waals surface area contributed by atoms with Crippen LogP contribution in [0, 0.1) is 11.3 Å². The Bertz CT molecular complexity index is 325. The number of nitriles is 1. The fourth-order valence-electron chi connectivity index (χ4n) is 0.920. The molecule has 0 saturated heterocycles. The van der Waals surface area contributed by atoms with E-state index in [2.05, 4.69) is 4.74 Å². The summed E-state index contributed by atoms with van der Waals surface area (Å²) in [5.74, 6) is -1.87. The van der Waals surface area contributed by atoms with Crippen molar-refractivity contribution >= 4 is 11.9 Å². The van der Waals surface area contributed by atoms with E-state index in [4.69, 9.17) is 10.4 Å². The van der Waals surface area contributed by atoms with Gasteiger partial charge in [0.2, 0.25) is 0 Å². The molecule has 0 aromatic rings. The molecule has 1 N–H and O–H groups in total. The van der Waals surface area contributed by atoms with Gasteiger partial charge in [-0.15, -0.1) is 0 Å². The van der Waals surface area contributed by atoms with E-state index < -0.39 is 18.0 Å². The zero-order valence-corrected chi connectivity index (χ0v) is 9.40. The number of ether oxygens (including phenoxy) is 1. The van der Waals surface area contributed by atoms with Crippen molar-refractivity contribution in [1.29, 1.82) is 5.26 Å². The van der Waals surface area contributed by atoms with Gasteiger partial charge in [0.05, 0.1) is 6.07 Å². The van der Waals surface area contributed by atoms with Crippen molar-refractivity contribution in [1.82, 2.24) is 0 Å². The van der Waals surface area contributed by atoms with Crippen LogP contribution in [0.1, 0.15) is 33.1 Å².